The maximum absolute atomic E-state index is 11.9. The van der Waals surface area contributed by atoms with Gasteiger partial charge in [-0.3, -0.25) is 4.79 Å². The van der Waals surface area contributed by atoms with Crippen molar-refractivity contribution in [2.24, 2.45) is 0 Å². The van der Waals surface area contributed by atoms with E-state index in [1.54, 1.807) is 0 Å². The van der Waals surface area contributed by atoms with Crippen molar-refractivity contribution in [3.05, 3.63) is 30.3 Å². The largest absolute Gasteiger partial charge is 0.374 e. The molecule has 1 saturated carbocycles. The molecule has 1 aliphatic rings. The van der Waals surface area contributed by atoms with E-state index in [2.05, 4.69) is 22.3 Å². The first-order valence-electron chi connectivity index (χ1n) is 7.31. The molecule has 1 amide bonds. The Bertz CT molecular complexity index is 385. The first kappa shape index (κ1) is 13.9. The molecule has 0 aliphatic heterocycles. The summed E-state index contributed by atoms with van der Waals surface area (Å²) in [5.74, 6) is 0.190. The highest BCUT2D eigenvalue weighted by Gasteiger charge is 2.15. The molecule has 0 spiro atoms. The maximum atomic E-state index is 11.9. The Morgan fingerprint density at radius 3 is 2.58 bits per heavy atom. The summed E-state index contributed by atoms with van der Waals surface area (Å²) in [5, 5.41) is 3.16. The minimum Gasteiger partial charge on any atom is -0.374 e. The molecule has 0 radical (unpaired) electrons. The van der Waals surface area contributed by atoms with Gasteiger partial charge in [-0.2, -0.15) is 0 Å². The lowest BCUT2D eigenvalue weighted by Crippen LogP contribution is -2.37. The average Bonchev–Trinajstić information content (AvgIpc) is 2.47. The van der Waals surface area contributed by atoms with Crippen LogP contribution in [0.25, 0.3) is 0 Å². The van der Waals surface area contributed by atoms with Crippen LogP contribution in [0.2, 0.25) is 0 Å². The lowest BCUT2D eigenvalue weighted by Gasteiger charge is -2.24. The molecule has 0 unspecified atom stereocenters. The Kier molecular flexibility index (Phi) is 5.25. The van der Waals surface area contributed by atoms with E-state index in [0.29, 0.717) is 12.5 Å². The van der Waals surface area contributed by atoms with E-state index in [0.717, 1.165) is 25.1 Å². The van der Waals surface area contributed by atoms with Gasteiger partial charge in [0, 0.05) is 31.7 Å². The quantitative estimate of drug-likeness (QED) is 0.882. The zero-order chi connectivity index (χ0) is 13.5. The Hall–Kier alpha value is -1.51. The highest BCUT2D eigenvalue weighted by atomic mass is 16.1. The summed E-state index contributed by atoms with van der Waals surface area (Å²) in [7, 11) is 2.03. The van der Waals surface area contributed by atoms with E-state index in [-0.39, 0.29) is 5.91 Å². The van der Waals surface area contributed by atoms with Gasteiger partial charge in [0.25, 0.3) is 0 Å². The van der Waals surface area contributed by atoms with Crippen LogP contribution in [-0.4, -0.2) is 25.5 Å². The second-order valence-corrected chi connectivity index (χ2v) is 5.41. The highest BCUT2D eigenvalue weighted by molar-refractivity contribution is 5.76. The number of para-hydroxylation sites is 1. The van der Waals surface area contributed by atoms with Crippen molar-refractivity contribution in [3.63, 3.8) is 0 Å². The van der Waals surface area contributed by atoms with E-state index >= 15 is 0 Å². The fourth-order valence-corrected chi connectivity index (χ4v) is 2.63. The van der Waals surface area contributed by atoms with Gasteiger partial charge in [-0.15, -0.1) is 0 Å². The molecule has 1 N–H and O–H groups in total. The Balaban J connectivity index is 1.71. The van der Waals surface area contributed by atoms with E-state index in [9.17, 15) is 4.79 Å². The van der Waals surface area contributed by atoms with Crippen LogP contribution in [0.15, 0.2) is 30.3 Å². The summed E-state index contributed by atoms with van der Waals surface area (Å²) in [6, 6.07) is 10.6. The molecule has 0 saturated heterocycles. The van der Waals surface area contributed by atoms with Crippen molar-refractivity contribution in [2.75, 3.05) is 18.5 Å². The number of carbonyl (C=O) groups excluding carboxylic acids is 1. The van der Waals surface area contributed by atoms with E-state index in [1.165, 1.54) is 19.3 Å². The number of hydrogen-bond donors (Lipinski definition) is 1. The van der Waals surface area contributed by atoms with Gasteiger partial charge in [-0.25, -0.2) is 0 Å². The van der Waals surface area contributed by atoms with Gasteiger partial charge in [0.15, 0.2) is 0 Å². The van der Waals surface area contributed by atoms with Crippen molar-refractivity contribution in [1.29, 1.82) is 0 Å². The van der Waals surface area contributed by atoms with Crippen molar-refractivity contribution >= 4 is 11.6 Å². The van der Waals surface area contributed by atoms with Crippen LogP contribution < -0.4 is 10.2 Å². The fraction of sp³-hybridized carbons (Fsp3) is 0.562. The molecule has 3 nitrogen and oxygen atoms in total. The minimum absolute atomic E-state index is 0.190. The number of hydrogen-bond acceptors (Lipinski definition) is 2. The summed E-state index contributed by atoms with van der Waals surface area (Å²) >= 11 is 0. The van der Waals surface area contributed by atoms with Gasteiger partial charge < -0.3 is 10.2 Å². The Labute approximate surface area is 116 Å². The van der Waals surface area contributed by atoms with Gasteiger partial charge in [0.2, 0.25) is 5.91 Å². The van der Waals surface area contributed by atoms with E-state index in [4.69, 9.17) is 0 Å². The summed E-state index contributed by atoms with van der Waals surface area (Å²) in [6.07, 6.45) is 6.72. The Morgan fingerprint density at radius 2 is 1.89 bits per heavy atom. The van der Waals surface area contributed by atoms with E-state index in [1.807, 2.05) is 25.2 Å². The molecule has 0 aromatic heterocycles. The lowest BCUT2D eigenvalue weighted by molar-refractivity contribution is -0.121. The minimum atomic E-state index is 0.190. The number of nitrogens with zero attached hydrogens (tertiary/aromatic N) is 1. The zero-order valence-corrected chi connectivity index (χ0v) is 11.8. The second kappa shape index (κ2) is 7.17. The van der Waals surface area contributed by atoms with Crippen molar-refractivity contribution in [1.82, 2.24) is 5.32 Å². The molecule has 1 aromatic carbocycles. The summed E-state index contributed by atoms with van der Waals surface area (Å²) < 4.78 is 0. The molecule has 0 bridgehead atoms. The smallest absolute Gasteiger partial charge is 0.221 e. The van der Waals surface area contributed by atoms with Gasteiger partial charge in [-0.1, -0.05) is 37.5 Å². The number of anilines is 1. The topological polar surface area (TPSA) is 32.3 Å². The third-order valence-corrected chi connectivity index (χ3v) is 3.84. The Morgan fingerprint density at radius 1 is 1.21 bits per heavy atom. The fourth-order valence-electron chi connectivity index (χ4n) is 2.63. The molecule has 2 rings (SSSR count). The molecule has 104 valence electrons. The molecule has 1 aliphatic carbocycles. The molecular formula is C16H24N2O. The number of nitrogens with one attached hydrogen (secondary N) is 1. The van der Waals surface area contributed by atoms with Crippen LogP contribution in [0.4, 0.5) is 5.69 Å². The standard InChI is InChI=1S/C16H24N2O/c1-18(15-10-6-3-7-11-15)13-12-16(19)17-14-8-4-2-5-9-14/h3,6-7,10-11,14H,2,4-5,8-9,12-13H2,1H3,(H,17,19). The summed E-state index contributed by atoms with van der Waals surface area (Å²) in [6.45, 7) is 0.766. The average molecular weight is 260 g/mol. The molecule has 19 heavy (non-hydrogen) atoms. The molecule has 3 heteroatoms. The summed E-state index contributed by atoms with van der Waals surface area (Å²) in [4.78, 5) is 14.0. The maximum Gasteiger partial charge on any atom is 0.221 e. The molecule has 1 aromatic rings. The van der Waals surface area contributed by atoms with Crippen LogP contribution in [0.5, 0.6) is 0 Å². The van der Waals surface area contributed by atoms with Crippen LogP contribution in [0, 0.1) is 0 Å². The molecular weight excluding hydrogens is 236 g/mol. The van der Waals surface area contributed by atoms with Crippen LogP contribution in [0.1, 0.15) is 38.5 Å². The third kappa shape index (κ3) is 4.58. The number of carbonyl (C=O) groups is 1. The summed E-state index contributed by atoms with van der Waals surface area (Å²) in [5.41, 5.74) is 1.16. The zero-order valence-electron chi connectivity index (χ0n) is 11.8. The van der Waals surface area contributed by atoms with Crippen LogP contribution in [-0.2, 0) is 4.79 Å². The first-order valence-corrected chi connectivity index (χ1v) is 7.31. The monoisotopic (exact) mass is 260 g/mol. The van der Waals surface area contributed by atoms with Crippen LogP contribution in [0.3, 0.4) is 0 Å². The SMILES string of the molecule is CN(CCC(=O)NC1CCCCC1)c1ccccc1. The van der Waals surface area contributed by atoms with Gasteiger partial charge >= 0.3 is 0 Å². The van der Waals surface area contributed by atoms with Crippen molar-refractivity contribution in [3.8, 4) is 0 Å². The number of rotatable bonds is 5. The predicted molar refractivity (Wildman–Crippen MR) is 79.3 cm³/mol. The lowest BCUT2D eigenvalue weighted by atomic mass is 9.95. The first-order chi connectivity index (χ1) is 9.25. The highest BCUT2D eigenvalue weighted by Crippen LogP contribution is 2.17. The van der Waals surface area contributed by atoms with Crippen molar-refractivity contribution < 1.29 is 4.79 Å². The second-order valence-electron chi connectivity index (χ2n) is 5.41. The number of benzene rings is 1. The molecule has 0 atom stereocenters. The van der Waals surface area contributed by atoms with Crippen LogP contribution >= 0.6 is 0 Å². The van der Waals surface area contributed by atoms with E-state index < -0.39 is 0 Å². The van der Waals surface area contributed by atoms with Gasteiger partial charge in [0.05, 0.1) is 0 Å². The molecule has 0 heterocycles. The number of amides is 1. The van der Waals surface area contributed by atoms with Crippen molar-refractivity contribution in [2.45, 2.75) is 44.6 Å². The van der Waals surface area contributed by atoms with Gasteiger partial charge in [-0.05, 0) is 25.0 Å². The normalized spacial score (nSPS) is 16.1. The van der Waals surface area contributed by atoms with Gasteiger partial charge in [0.1, 0.15) is 0 Å². The molecule has 1 fully saturated rings. The predicted octanol–water partition coefficient (Wildman–Crippen LogP) is 2.96. The third-order valence-electron chi connectivity index (χ3n) is 3.84.